The Labute approximate surface area is 95.1 Å². The number of aliphatic hydroxyl groups is 1. The van der Waals surface area contributed by atoms with E-state index < -0.39 is 0 Å². The predicted molar refractivity (Wildman–Crippen MR) is 63.4 cm³/mol. The molecular weight excluding hydrogens is 206 g/mol. The average molecular weight is 225 g/mol. The molecule has 0 bridgehead atoms. The lowest BCUT2D eigenvalue weighted by Crippen LogP contribution is -2.31. The standard InChI is InChI=1S/C11H19N3O2/c1-8(2)6-9(7-15)13-10-11(16)14(3)5-4-12-10/h4-5,8-9,15H,6-7H2,1-3H3,(H,12,13). The minimum absolute atomic E-state index is 0.00207. The van der Waals surface area contributed by atoms with Crippen molar-refractivity contribution in [1.29, 1.82) is 0 Å². The van der Waals surface area contributed by atoms with Gasteiger partial charge in [-0.05, 0) is 12.3 Å². The van der Waals surface area contributed by atoms with Gasteiger partial charge in [-0.2, -0.15) is 0 Å². The first-order valence-corrected chi connectivity index (χ1v) is 5.43. The van der Waals surface area contributed by atoms with E-state index in [2.05, 4.69) is 24.1 Å². The molecule has 0 spiro atoms. The molecule has 1 heterocycles. The van der Waals surface area contributed by atoms with Crippen molar-refractivity contribution in [2.24, 2.45) is 13.0 Å². The van der Waals surface area contributed by atoms with Gasteiger partial charge in [-0.15, -0.1) is 0 Å². The maximum absolute atomic E-state index is 11.7. The third-order valence-electron chi connectivity index (χ3n) is 2.33. The second kappa shape index (κ2) is 5.65. The van der Waals surface area contributed by atoms with Crippen LogP contribution in [0.5, 0.6) is 0 Å². The fourth-order valence-electron chi connectivity index (χ4n) is 1.54. The van der Waals surface area contributed by atoms with Crippen LogP contribution < -0.4 is 10.9 Å². The van der Waals surface area contributed by atoms with Crippen LogP contribution in [0.25, 0.3) is 0 Å². The first-order chi connectivity index (χ1) is 7.54. The Morgan fingerprint density at radius 1 is 1.56 bits per heavy atom. The lowest BCUT2D eigenvalue weighted by Gasteiger charge is -2.18. The molecule has 0 radical (unpaired) electrons. The minimum atomic E-state index is -0.176. The van der Waals surface area contributed by atoms with E-state index in [1.165, 1.54) is 4.57 Å². The van der Waals surface area contributed by atoms with Gasteiger partial charge in [-0.25, -0.2) is 4.98 Å². The van der Waals surface area contributed by atoms with Gasteiger partial charge >= 0.3 is 0 Å². The second-order valence-corrected chi connectivity index (χ2v) is 4.35. The molecule has 0 saturated heterocycles. The maximum Gasteiger partial charge on any atom is 0.293 e. The van der Waals surface area contributed by atoms with Crippen molar-refractivity contribution >= 4 is 5.82 Å². The van der Waals surface area contributed by atoms with Gasteiger partial charge in [0.2, 0.25) is 0 Å². The molecule has 0 fully saturated rings. The normalized spacial score (nSPS) is 12.8. The highest BCUT2D eigenvalue weighted by Crippen LogP contribution is 2.07. The molecule has 5 nitrogen and oxygen atoms in total. The van der Waals surface area contributed by atoms with E-state index in [4.69, 9.17) is 0 Å². The number of aryl methyl sites for hydroxylation is 1. The van der Waals surface area contributed by atoms with Crippen molar-refractivity contribution in [3.63, 3.8) is 0 Å². The van der Waals surface area contributed by atoms with Crippen LogP contribution in [0.1, 0.15) is 20.3 Å². The quantitative estimate of drug-likeness (QED) is 0.770. The van der Waals surface area contributed by atoms with Gasteiger partial charge in [0.25, 0.3) is 5.56 Å². The van der Waals surface area contributed by atoms with Crippen molar-refractivity contribution in [3.8, 4) is 0 Å². The van der Waals surface area contributed by atoms with Gasteiger partial charge in [-0.1, -0.05) is 13.8 Å². The number of aliphatic hydroxyl groups excluding tert-OH is 1. The lowest BCUT2D eigenvalue weighted by molar-refractivity contribution is 0.259. The molecule has 1 aromatic heterocycles. The molecule has 5 heteroatoms. The van der Waals surface area contributed by atoms with Gasteiger partial charge < -0.3 is 15.0 Å². The van der Waals surface area contributed by atoms with E-state index in [9.17, 15) is 9.90 Å². The van der Waals surface area contributed by atoms with E-state index in [-0.39, 0.29) is 18.2 Å². The number of nitrogens with zero attached hydrogens (tertiary/aromatic N) is 2. The Balaban J connectivity index is 2.78. The van der Waals surface area contributed by atoms with Crippen LogP contribution in [0, 0.1) is 5.92 Å². The highest BCUT2D eigenvalue weighted by Gasteiger charge is 2.12. The van der Waals surface area contributed by atoms with Crippen molar-refractivity contribution in [1.82, 2.24) is 9.55 Å². The molecule has 1 rings (SSSR count). The number of aromatic nitrogens is 2. The Morgan fingerprint density at radius 3 is 2.81 bits per heavy atom. The fraction of sp³-hybridized carbons (Fsp3) is 0.636. The summed E-state index contributed by atoms with van der Waals surface area (Å²) in [6, 6.07) is -0.123. The molecule has 0 aliphatic rings. The molecule has 1 unspecified atom stereocenters. The summed E-state index contributed by atoms with van der Waals surface area (Å²) in [4.78, 5) is 15.6. The third-order valence-corrected chi connectivity index (χ3v) is 2.33. The van der Waals surface area contributed by atoms with Crippen LogP contribution in [0.3, 0.4) is 0 Å². The van der Waals surface area contributed by atoms with E-state index in [1.807, 2.05) is 0 Å². The van der Waals surface area contributed by atoms with Crippen LogP contribution in [-0.2, 0) is 7.05 Å². The molecule has 1 atom stereocenters. The Kier molecular flexibility index (Phi) is 4.49. The number of nitrogens with one attached hydrogen (secondary N) is 1. The molecule has 0 aliphatic heterocycles. The maximum atomic E-state index is 11.7. The third kappa shape index (κ3) is 3.34. The summed E-state index contributed by atoms with van der Waals surface area (Å²) in [5.41, 5.74) is -0.176. The van der Waals surface area contributed by atoms with Crippen LogP contribution in [-0.4, -0.2) is 27.3 Å². The topological polar surface area (TPSA) is 67.2 Å². The number of hydrogen-bond acceptors (Lipinski definition) is 4. The molecule has 0 saturated carbocycles. The van der Waals surface area contributed by atoms with Crippen LogP contribution >= 0.6 is 0 Å². The van der Waals surface area contributed by atoms with Crippen molar-refractivity contribution in [2.45, 2.75) is 26.3 Å². The molecule has 0 aliphatic carbocycles. The molecule has 0 aromatic carbocycles. The van der Waals surface area contributed by atoms with Gasteiger partial charge in [-0.3, -0.25) is 4.79 Å². The molecule has 2 N–H and O–H groups in total. The predicted octanol–water partition coefficient (Wildman–Crippen LogP) is 0.599. The first kappa shape index (κ1) is 12.7. The molecule has 16 heavy (non-hydrogen) atoms. The zero-order valence-electron chi connectivity index (χ0n) is 9.97. The molecule has 90 valence electrons. The van der Waals surface area contributed by atoms with E-state index in [0.717, 1.165) is 6.42 Å². The summed E-state index contributed by atoms with van der Waals surface area (Å²) < 4.78 is 1.46. The summed E-state index contributed by atoms with van der Waals surface area (Å²) in [6.45, 7) is 4.14. The minimum Gasteiger partial charge on any atom is -0.394 e. The summed E-state index contributed by atoms with van der Waals surface area (Å²) in [6.07, 6.45) is 3.97. The van der Waals surface area contributed by atoms with Crippen molar-refractivity contribution < 1.29 is 5.11 Å². The van der Waals surface area contributed by atoms with Gasteiger partial charge in [0.1, 0.15) is 0 Å². The average Bonchev–Trinajstić information content (AvgIpc) is 2.23. The SMILES string of the molecule is CC(C)CC(CO)Nc1nccn(C)c1=O. The molecule has 0 amide bonds. The summed E-state index contributed by atoms with van der Waals surface area (Å²) in [7, 11) is 1.67. The highest BCUT2D eigenvalue weighted by molar-refractivity contribution is 5.32. The Hall–Kier alpha value is -1.36. The van der Waals surface area contributed by atoms with Gasteiger partial charge in [0, 0.05) is 19.4 Å². The van der Waals surface area contributed by atoms with Crippen molar-refractivity contribution in [2.75, 3.05) is 11.9 Å². The van der Waals surface area contributed by atoms with E-state index in [0.29, 0.717) is 11.7 Å². The summed E-state index contributed by atoms with van der Waals surface area (Å²) in [5.74, 6) is 0.752. The number of anilines is 1. The van der Waals surface area contributed by atoms with E-state index in [1.54, 1.807) is 19.4 Å². The zero-order chi connectivity index (χ0) is 12.1. The summed E-state index contributed by atoms with van der Waals surface area (Å²) in [5, 5.41) is 12.2. The van der Waals surface area contributed by atoms with Crippen LogP contribution in [0.4, 0.5) is 5.82 Å². The molecule has 1 aromatic rings. The monoisotopic (exact) mass is 225 g/mol. The van der Waals surface area contributed by atoms with Gasteiger partial charge in [0.05, 0.1) is 12.6 Å². The smallest absolute Gasteiger partial charge is 0.293 e. The van der Waals surface area contributed by atoms with Crippen LogP contribution in [0.15, 0.2) is 17.2 Å². The largest absolute Gasteiger partial charge is 0.394 e. The first-order valence-electron chi connectivity index (χ1n) is 5.43. The molecular formula is C11H19N3O2. The Morgan fingerprint density at radius 2 is 2.25 bits per heavy atom. The van der Waals surface area contributed by atoms with Crippen LogP contribution in [0.2, 0.25) is 0 Å². The zero-order valence-corrected chi connectivity index (χ0v) is 9.97. The number of rotatable bonds is 5. The fourth-order valence-corrected chi connectivity index (χ4v) is 1.54. The lowest BCUT2D eigenvalue weighted by atomic mass is 10.0. The van der Waals surface area contributed by atoms with Crippen molar-refractivity contribution in [3.05, 3.63) is 22.7 Å². The highest BCUT2D eigenvalue weighted by atomic mass is 16.3. The summed E-state index contributed by atoms with van der Waals surface area (Å²) >= 11 is 0. The van der Waals surface area contributed by atoms with Gasteiger partial charge in [0.15, 0.2) is 5.82 Å². The second-order valence-electron chi connectivity index (χ2n) is 4.35. The Bertz CT molecular complexity index is 387. The number of hydrogen-bond donors (Lipinski definition) is 2. The van der Waals surface area contributed by atoms with E-state index >= 15 is 0 Å².